The van der Waals surface area contributed by atoms with E-state index in [0.717, 1.165) is 31.3 Å². The first kappa shape index (κ1) is 19.2. The molecule has 1 aromatic heterocycles. The molecule has 2 atom stereocenters. The molecule has 0 radical (unpaired) electrons. The molecular formula is C21H34O2Si. The molecule has 2 nitrogen and oxygen atoms in total. The molecule has 1 aliphatic rings. The molecule has 0 fully saturated rings. The summed E-state index contributed by atoms with van der Waals surface area (Å²) in [6.07, 6.45) is 6.32. The number of aldehydes is 1. The minimum Gasteiger partial charge on any atom is -0.471 e. The lowest BCUT2D eigenvalue weighted by Crippen LogP contribution is -2.49. The van der Waals surface area contributed by atoms with Gasteiger partial charge in [-0.15, -0.1) is 0 Å². The van der Waals surface area contributed by atoms with Gasteiger partial charge in [0, 0.05) is 11.8 Å². The summed E-state index contributed by atoms with van der Waals surface area (Å²) in [5, 5.41) is 1.46. The number of hydrogen-bond donors (Lipinski definition) is 0. The molecule has 0 unspecified atom stereocenters. The van der Waals surface area contributed by atoms with Crippen molar-refractivity contribution in [3.05, 3.63) is 29.0 Å². The van der Waals surface area contributed by atoms with Crippen LogP contribution in [0.3, 0.4) is 0 Å². The van der Waals surface area contributed by atoms with Gasteiger partial charge in [0.05, 0.1) is 5.38 Å². The van der Waals surface area contributed by atoms with E-state index in [1.165, 1.54) is 16.5 Å². The molecule has 0 N–H and O–H groups in total. The molecule has 1 aromatic rings. The van der Waals surface area contributed by atoms with Crippen molar-refractivity contribution in [1.29, 1.82) is 0 Å². The summed E-state index contributed by atoms with van der Waals surface area (Å²) in [7, 11) is -1.68. The highest BCUT2D eigenvalue weighted by atomic mass is 28.3. The number of furan rings is 1. The fraction of sp³-hybridized carbons (Fsp3) is 0.667. The van der Waals surface area contributed by atoms with E-state index in [1.807, 2.05) is 0 Å². The molecule has 0 spiro atoms. The zero-order chi connectivity index (χ0) is 18.3. The van der Waals surface area contributed by atoms with Crippen LogP contribution in [-0.4, -0.2) is 14.4 Å². The Bertz CT molecular complexity index is 645. The zero-order valence-electron chi connectivity index (χ0n) is 16.7. The maximum Gasteiger partial charge on any atom is 0.132 e. The molecule has 2 rings (SSSR count). The predicted octanol–water partition coefficient (Wildman–Crippen LogP) is 5.41. The van der Waals surface area contributed by atoms with E-state index in [0.29, 0.717) is 5.92 Å². The topological polar surface area (TPSA) is 30.2 Å². The van der Waals surface area contributed by atoms with Gasteiger partial charge in [-0.3, -0.25) is 0 Å². The minimum absolute atomic E-state index is 0.253. The first-order valence-corrected chi connectivity index (χ1v) is 12.2. The van der Waals surface area contributed by atoms with Gasteiger partial charge in [-0.05, 0) is 49.3 Å². The Hall–Kier alpha value is -1.09. The van der Waals surface area contributed by atoms with Crippen LogP contribution in [0.1, 0.15) is 58.8 Å². The van der Waals surface area contributed by atoms with Crippen LogP contribution in [0.15, 0.2) is 22.1 Å². The molecule has 0 amide bonds. The summed E-state index contributed by atoms with van der Waals surface area (Å²) in [5.74, 6) is 1.41. The van der Waals surface area contributed by atoms with Crippen molar-refractivity contribution in [3.63, 3.8) is 0 Å². The number of allylic oxidation sites excluding steroid dienone is 2. The fourth-order valence-corrected chi connectivity index (χ4v) is 5.71. The van der Waals surface area contributed by atoms with Crippen LogP contribution in [0.2, 0.25) is 18.1 Å². The Kier molecular flexibility index (Phi) is 5.07. The van der Waals surface area contributed by atoms with Gasteiger partial charge in [0.25, 0.3) is 0 Å². The number of hydrogen-bond acceptors (Lipinski definition) is 2. The number of aryl methyl sites for hydroxylation is 1. The van der Waals surface area contributed by atoms with Crippen LogP contribution in [0.4, 0.5) is 0 Å². The zero-order valence-corrected chi connectivity index (χ0v) is 17.7. The van der Waals surface area contributed by atoms with Gasteiger partial charge < -0.3 is 9.21 Å². The average Bonchev–Trinajstić information content (AvgIpc) is 2.84. The highest BCUT2D eigenvalue weighted by molar-refractivity contribution is 6.91. The average molecular weight is 347 g/mol. The SMILES string of the molecule is Cc1cc(CC2=CCC[C@H](C)[C@@]2(C)C=O)oc1[Si](C)(C)C(C)(C)C. The minimum atomic E-state index is -1.68. The van der Waals surface area contributed by atoms with E-state index in [9.17, 15) is 4.79 Å². The Morgan fingerprint density at radius 2 is 2.00 bits per heavy atom. The first-order chi connectivity index (χ1) is 10.9. The second-order valence-corrected chi connectivity index (χ2v) is 14.6. The van der Waals surface area contributed by atoms with Crippen molar-refractivity contribution in [2.24, 2.45) is 11.3 Å². The van der Waals surface area contributed by atoms with E-state index in [1.54, 1.807) is 0 Å². The second kappa shape index (κ2) is 6.33. The molecule has 0 bridgehead atoms. The van der Waals surface area contributed by atoms with Crippen LogP contribution in [0, 0.1) is 18.3 Å². The lowest BCUT2D eigenvalue weighted by Gasteiger charge is -2.36. The van der Waals surface area contributed by atoms with Crippen molar-refractivity contribution in [2.45, 2.75) is 78.9 Å². The van der Waals surface area contributed by atoms with Crippen LogP contribution >= 0.6 is 0 Å². The van der Waals surface area contributed by atoms with Crippen LogP contribution in [0.25, 0.3) is 0 Å². The number of rotatable bonds is 4. The van der Waals surface area contributed by atoms with Crippen molar-refractivity contribution < 1.29 is 9.21 Å². The smallest absolute Gasteiger partial charge is 0.132 e. The van der Waals surface area contributed by atoms with Gasteiger partial charge in [-0.1, -0.05) is 52.4 Å². The van der Waals surface area contributed by atoms with E-state index in [4.69, 9.17) is 4.42 Å². The molecule has 0 saturated heterocycles. The highest BCUT2D eigenvalue weighted by Gasteiger charge is 2.42. The maximum absolute atomic E-state index is 11.8. The third-order valence-corrected chi connectivity index (χ3v) is 12.1. The molecule has 24 heavy (non-hydrogen) atoms. The summed E-state index contributed by atoms with van der Waals surface area (Å²) in [6, 6.07) is 2.20. The molecule has 1 aliphatic carbocycles. The maximum atomic E-state index is 11.8. The summed E-state index contributed by atoms with van der Waals surface area (Å²) in [4.78, 5) is 11.8. The normalized spacial score (nSPS) is 25.5. The Morgan fingerprint density at radius 1 is 1.38 bits per heavy atom. The molecule has 1 heterocycles. The molecule has 134 valence electrons. The van der Waals surface area contributed by atoms with Gasteiger partial charge in [0.15, 0.2) is 0 Å². The monoisotopic (exact) mass is 346 g/mol. The van der Waals surface area contributed by atoms with Crippen molar-refractivity contribution in [3.8, 4) is 0 Å². The standard InChI is InChI=1S/C21H34O2Si/c1-15-12-18(23-19(15)24(7,8)20(3,4)5)13-17-11-9-10-16(2)21(17,6)14-22/h11-12,14,16H,9-10,13H2,1-8H3/t16-,21+/m0/s1. The van der Waals surface area contributed by atoms with E-state index in [-0.39, 0.29) is 10.5 Å². The van der Waals surface area contributed by atoms with E-state index in [2.05, 4.69) is 66.8 Å². The van der Waals surface area contributed by atoms with E-state index >= 15 is 0 Å². The third-order valence-electron chi connectivity index (χ3n) is 6.73. The molecule has 0 aromatic carbocycles. The van der Waals surface area contributed by atoms with Crippen molar-refractivity contribution in [1.82, 2.24) is 0 Å². The molecule has 0 saturated carbocycles. The molecule has 0 aliphatic heterocycles. The number of carbonyl (C=O) groups is 1. The van der Waals surface area contributed by atoms with Crippen molar-refractivity contribution >= 4 is 19.7 Å². The second-order valence-electron chi connectivity index (χ2n) is 9.38. The largest absolute Gasteiger partial charge is 0.471 e. The molecular weight excluding hydrogens is 312 g/mol. The van der Waals surface area contributed by atoms with Gasteiger partial charge in [0.2, 0.25) is 0 Å². The van der Waals surface area contributed by atoms with Gasteiger partial charge in [-0.2, -0.15) is 0 Å². The van der Waals surface area contributed by atoms with Crippen LogP contribution < -0.4 is 5.38 Å². The summed E-state index contributed by atoms with van der Waals surface area (Å²) in [6.45, 7) is 18.2. The third kappa shape index (κ3) is 3.20. The lowest BCUT2D eigenvalue weighted by molar-refractivity contribution is -0.116. The van der Waals surface area contributed by atoms with Gasteiger partial charge in [0.1, 0.15) is 20.1 Å². The lowest BCUT2D eigenvalue weighted by atomic mass is 9.67. The van der Waals surface area contributed by atoms with Crippen LogP contribution in [0.5, 0.6) is 0 Å². The summed E-state index contributed by atoms with van der Waals surface area (Å²) in [5.41, 5.74) is 2.15. The quantitative estimate of drug-likeness (QED) is 0.415. The fourth-order valence-electron chi connectivity index (χ4n) is 3.58. The Labute approximate surface area is 148 Å². The number of carbonyl (C=O) groups excluding carboxylic acids is 1. The predicted molar refractivity (Wildman–Crippen MR) is 105 cm³/mol. The summed E-state index contributed by atoms with van der Waals surface area (Å²) < 4.78 is 6.39. The Balaban J connectivity index is 2.35. The van der Waals surface area contributed by atoms with Gasteiger partial charge in [-0.25, -0.2) is 0 Å². The summed E-state index contributed by atoms with van der Waals surface area (Å²) >= 11 is 0. The highest BCUT2D eigenvalue weighted by Crippen LogP contribution is 2.42. The van der Waals surface area contributed by atoms with Gasteiger partial charge >= 0.3 is 0 Å². The van der Waals surface area contributed by atoms with E-state index < -0.39 is 8.07 Å². The first-order valence-electron chi connectivity index (χ1n) is 9.19. The van der Waals surface area contributed by atoms with Crippen LogP contribution in [-0.2, 0) is 11.2 Å². The molecule has 3 heteroatoms. The van der Waals surface area contributed by atoms with Crippen molar-refractivity contribution in [2.75, 3.05) is 0 Å². The Morgan fingerprint density at radius 3 is 2.54 bits per heavy atom.